The zero-order valence-electron chi connectivity index (χ0n) is 21.6. The van der Waals surface area contributed by atoms with Crippen molar-refractivity contribution in [3.8, 4) is 5.75 Å². The highest BCUT2D eigenvalue weighted by molar-refractivity contribution is 5.86. The van der Waals surface area contributed by atoms with Crippen LogP contribution in [0.3, 0.4) is 0 Å². The minimum atomic E-state index is -0.673. The van der Waals surface area contributed by atoms with Crippen molar-refractivity contribution in [2.45, 2.75) is 32.1 Å². The number of aliphatic hydroxyl groups excluding tert-OH is 1. The van der Waals surface area contributed by atoms with Crippen molar-refractivity contribution in [3.63, 3.8) is 0 Å². The molecule has 2 amide bonds. The van der Waals surface area contributed by atoms with Gasteiger partial charge in [0.15, 0.2) is 0 Å². The standard InChI is InChI=1S/C30H32N4O4/c1-32(29(37)14-21-9-12-26-23(13-21)17-33(2)30(38)27(19-35)31-26)18-24-15-22-5-3-4-6-28(22)34(24)16-20-7-10-25(36)11-8-20/h3-13,15,27,31,35-36H,14,16-19H2,1-2H3/t27-/m1/s1. The molecule has 4 aromatic rings. The number of hydrogen-bond acceptors (Lipinski definition) is 5. The minimum Gasteiger partial charge on any atom is -0.508 e. The van der Waals surface area contributed by atoms with E-state index < -0.39 is 6.04 Å². The molecule has 3 N–H and O–H groups in total. The van der Waals surface area contributed by atoms with Gasteiger partial charge in [-0.15, -0.1) is 0 Å². The number of likely N-dealkylation sites (N-methyl/N-ethyl adjacent to an activating group) is 2. The molecule has 0 fully saturated rings. The Kier molecular flexibility index (Phi) is 7.07. The number of amides is 2. The van der Waals surface area contributed by atoms with Crippen LogP contribution < -0.4 is 5.32 Å². The van der Waals surface area contributed by atoms with E-state index in [-0.39, 0.29) is 30.6 Å². The molecule has 38 heavy (non-hydrogen) atoms. The van der Waals surface area contributed by atoms with Crippen LogP contribution in [-0.2, 0) is 35.6 Å². The summed E-state index contributed by atoms with van der Waals surface area (Å²) in [4.78, 5) is 29.0. The molecule has 0 radical (unpaired) electrons. The van der Waals surface area contributed by atoms with Gasteiger partial charge in [-0.2, -0.15) is 0 Å². The molecule has 3 aromatic carbocycles. The normalized spacial score (nSPS) is 15.2. The average molecular weight is 513 g/mol. The summed E-state index contributed by atoms with van der Waals surface area (Å²) in [7, 11) is 3.53. The summed E-state index contributed by atoms with van der Waals surface area (Å²) in [6.45, 7) is 1.21. The fraction of sp³-hybridized carbons (Fsp3) is 0.267. The van der Waals surface area contributed by atoms with Crippen LogP contribution >= 0.6 is 0 Å². The van der Waals surface area contributed by atoms with E-state index >= 15 is 0 Å². The van der Waals surface area contributed by atoms with Gasteiger partial charge in [-0.3, -0.25) is 9.59 Å². The molecule has 2 heterocycles. The van der Waals surface area contributed by atoms with Gasteiger partial charge >= 0.3 is 0 Å². The Labute approximate surface area is 221 Å². The number of phenols is 1. The minimum absolute atomic E-state index is 0.00867. The first kappa shape index (κ1) is 25.4. The Morgan fingerprint density at radius 2 is 1.79 bits per heavy atom. The van der Waals surface area contributed by atoms with Crippen LogP contribution in [0.2, 0.25) is 0 Å². The van der Waals surface area contributed by atoms with Crippen molar-refractivity contribution in [2.24, 2.45) is 0 Å². The van der Waals surface area contributed by atoms with Crippen molar-refractivity contribution < 1.29 is 19.8 Å². The number of aromatic hydroxyl groups is 1. The second-order valence-electron chi connectivity index (χ2n) is 9.94. The Bertz CT molecular complexity index is 1480. The van der Waals surface area contributed by atoms with Crippen LogP contribution in [0.25, 0.3) is 10.9 Å². The summed E-state index contributed by atoms with van der Waals surface area (Å²) in [5.74, 6) is 0.0612. The molecule has 8 nitrogen and oxygen atoms in total. The molecule has 1 atom stereocenters. The number of carbonyl (C=O) groups excluding carboxylic acids is 2. The molecule has 0 saturated carbocycles. The lowest BCUT2D eigenvalue weighted by Gasteiger charge is -2.20. The van der Waals surface area contributed by atoms with Crippen molar-refractivity contribution in [2.75, 3.05) is 26.0 Å². The van der Waals surface area contributed by atoms with Crippen LogP contribution in [0, 0.1) is 0 Å². The third-order valence-corrected chi connectivity index (χ3v) is 7.12. The number of aliphatic hydroxyl groups is 1. The number of nitrogens with zero attached hydrogens (tertiary/aromatic N) is 3. The third-order valence-electron chi connectivity index (χ3n) is 7.12. The molecule has 1 aliphatic rings. The number of hydrogen-bond donors (Lipinski definition) is 3. The SMILES string of the molecule is CN(Cc1cc2ccccc2n1Cc1ccc(O)cc1)C(=O)Cc1ccc2c(c1)CN(C)C(=O)[C@@H](CO)N2. The van der Waals surface area contributed by atoms with Gasteiger partial charge in [-0.05, 0) is 52.4 Å². The molecule has 0 saturated heterocycles. The van der Waals surface area contributed by atoms with Crippen molar-refractivity contribution in [1.29, 1.82) is 0 Å². The molecule has 0 unspecified atom stereocenters. The largest absolute Gasteiger partial charge is 0.508 e. The zero-order valence-corrected chi connectivity index (χ0v) is 21.6. The lowest BCUT2D eigenvalue weighted by molar-refractivity contribution is -0.132. The smallest absolute Gasteiger partial charge is 0.247 e. The molecule has 5 rings (SSSR count). The highest BCUT2D eigenvalue weighted by Gasteiger charge is 2.26. The summed E-state index contributed by atoms with van der Waals surface area (Å²) >= 11 is 0. The number of fused-ring (bicyclic) bond motifs is 2. The summed E-state index contributed by atoms with van der Waals surface area (Å²) in [6.07, 6.45) is 0.239. The van der Waals surface area contributed by atoms with Gasteiger partial charge in [0.05, 0.1) is 19.6 Å². The first-order valence-electron chi connectivity index (χ1n) is 12.7. The van der Waals surface area contributed by atoms with E-state index in [9.17, 15) is 19.8 Å². The van der Waals surface area contributed by atoms with E-state index in [1.807, 2.05) is 49.5 Å². The van der Waals surface area contributed by atoms with Crippen molar-refractivity contribution >= 4 is 28.4 Å². The molecule has 8 heteroatoms. The summed E-state index contributed by atoms with van der Waals surface area (Å²) < 4.78 is 2.21. The average Bonchev–Trinajstić information content (AvgIpc) is 3.19. The van der Waals surface area contributed by atoms with E-state index in [2.05, 4.69) is 28.1 Å². The van der Waals surface area contributed by atoms with Gasteiger partial charge < -0.3 is 29.9 Å². The molecule has 0 spiro atoms. The topological polar surface area (TPSA) is 98.0 Å². The lowest BCUT2D eigenvalue weighted by Crippen LogP contribution is -2.40. The first-order valence-corrected chi connectivity index (χ1v) is 12.7. The highest BCUT2D eigenvalue weighted by atomic mass is 16.3. The van der Waals surface area contributed by atoms with Crippen LogP contribution in [0.1, 0.15) is 22.4 Å². The van der Waals surface area contributed by atoms with Crippen LogP contribution in [0.15, 0.2) is 72.8 Å². The molecule has 196 valence electrons. The van der Waals surface area contributed by atoms with E-state index in [0.717, 1.165) is 39.0 Å². The number of benzene rings is 3. The Balaban J connectivity index is 1.33. The van der Waals surface area contributed by atoms with Crippen LogP contribution in [0.4, 0.5) is 5.69 Å². The van der Waals surface area contributed by atoms with Gasteiger partial charge in [0.1, 0.15) is 11.8 Å². The molecule has 0 bridgehead atoms. The summed E-state index contributed by atoms with van der Waals surface area (Å²) in [5.41, 5.74) is 5.76. The van der Waals surface area contributed by atoms with Crippen molar-refractivity contribution in [1.82, 2.24) is 14.4 Å². The predicted molar refractivity (Wildman–Crippen MR) is 147 cm³/mol. The van der Waals surface area contributed by atoms with Crippen LogP contribution in [0.5, 0.6) is 5.75 Å². The number of aromatic nitrogens is 1. The predicted octanol–water partition coefficient (Wildman–Crippen LogP) is 3.34. The second kappa shape index (κ2) is 10.6. The number of carbonyl (C=O) groups is 2. The zero-order chi connectivity index (χ0) is 26.8. The number of anilines is 1. The van der Waals surface area contributed by atoms with E-state index in [1.165, 1.54) is 0 Å². The number of nitrogens with one attached hydrogen (secondary N) is 1. The van der Waals surface area contributed by atoms with E-state index in [0.29, 0.717) is 19.6 Å². The quantitative estimate of drug-likeness (QED) is 0.353. The molecule has 1 aromatic heterocycles. The maximum Gasteiger partial charge on any atom is 0.247 e. The monoisotopic (exact) mass is 512 g/mol. The maximum absolute atomic E-state index is 13.3. The van der Waals surface area contributed by atoms with Gasteiger partial charge in [0, 0.05) is 44.1 Å². The first-order chi connectivity index (χ1) is 18.3. The van der Waals surface area contributed by atoms with Gasteiger partial charge in [-0.1, -0.05) is 42.5 Å². The number of phenolic OH excluding ortho intramolecular Hbond substituents is 1. The molecule has 1 aliphatic heterocycles. The highest BCUT2D eigenvalue weighted by Crippen LogP contribution is 2.26. The molecule has 0 aliphatic carbocycles. The van der Waals surface area contributed by atoms with Gasteiger partial charge in [0.25, 0.3) is 0 Å². The maximum atomic E-state index is 13.3. The van der Waals surface area contributed by atoms with Crippen molar-refractivity contribution in [3.05, 3.63) is 95.2 Å². The fourth-order valence-corrected chi connectivity index (χ4v) is 5.01. The Morgan fingerprint density at radius 3 is 2.55 bits per heavy atom. The summed E-state index contributed by atoms with van der Waals surface area (Å²) in [6, 6.07) is 22.5. The molecular formula is C30H32N4O4. The van der Waals surface area contributed by atoms with Crippen LogP contribution in [-0.4, -0.2) is 63.1 Å². The number of rotatable bonds is 7. The molecular weight excluding hydrogens is 480 g/mol. The van der Waals surface area contributed by atoms with E-state index in [1.54, 1.807) is 29.0 Å². The summed E-state index contributed by atoms with van der Waals surface area (Å²) in [5, 5.41) is 23.5. The van der Waals surface area contributed by atoms with Gasteiger partial charge in [-0.25, -0.2) is 0 Å². The third kappa shape index (κ3) is 5.21. The second-order valence-corrected chi connectivity index (χ2v) is 9.94. The lowest BCUT2D eigenvalue weighted by atomic mass is 10.0. The van der Waals surface area contributed by atoms with E-state index in [4.69, 9.17) is 0 Å². The Hall–Kier alpha value is -4.30. The Morgan fingerprint density at radius 1 is 1.05 bits per heavy atom. The fourth-order valence-electron chi connectivity index (χ4n) is 5.01. The van der Waals surface area contributed by atoms with Gasteiger partial charge in [0.2, 0.25) is 11.8 Å². The number of para-hydroxylation sites is 1.